The van der Waals surface area contributed by atoms with Crippen LogP contribution < -0.4 is 5.73 Å². The van der Waals surface area contributed by atoms with Crippen LogP contribution in [-0.4, -0.2) is 18.0 Å². The standard InChI is InChI=1S/C6H13NO2/c1-5(7)3-6(2)9-4-8/h6,8H,1,3-4,7H2,2H3. The molecule has 0 fully saturated rings. The zero-order chi connectivity index (χ0) is 7.28. The normalized spacial score (nSPS) is 13.1. The fourth-order valence-corrected chi connectivity index (χ4v) is 0.555. The summed E-state index contributed by atoms with van der Waals surface area (Å²) in [5.74, 6) is 0. The van der Waals surface area contributed by atoms with Crippen LogP contribution in [0.1, 0.15) is 13.3 Å². The Balaban J connectivity index is 3.26. The van der Waals surface area contributed by atoms with Crippen molar-refractivity contribution in [2.24, 2.45) is 5.73 Å². The lowest BCUT2D eigenvalue weighted by molar-refractivity contribution is -0.0417. The van der Waals surface area contributed by atoms with Crippen molar-refractivity contribution in [3.8, 4) is 0 Å². The predicted molar refractivity (Wildman–Crippen MR) is 35.6 cm³/mol. The van der Waals surface area contributed by atoms with E-state index in [2.05, 4.69) is 6.58 Å². The summed E-state index contributed by atoms with van der Waals surface area (Å²) in [7, 11) is 0. The van der Waals surface area contributed by atoms with Gasteiger partial charge in [-0.05, 0) is 6.92 Å². The van der Waals surface area contributed by atoms with Gasteiger partial charge >= 0.3 is 0 Å². The Kier molecular flexibility index (Phi) is 4.09. The average Bonchev–Trinajstić information content (AvgIpc) is 1.63. The molecule has 0 saturated heterocycles. The first-order valence-corrected chi connectivity index (χ1v) is 2.82. The van der Waals surface area contributed by atoms with Crippen molar-refractivity contribution < 1.29 is 9.84 Å². The third-order valence-corrected chi connectivity index (χ3v) is 0.909. The number of aliphatic hydroxyl groups excluding tert-OH is 1. The minimum atomic E-state index is -0.256. The fourth-order valence-electron chi connectivity index (χ4n) is 0.555. The molecular formula is C6H13NO2. The quantitative estimate of drug-likeness (QED) is 0.536. The van der Waals surface area contributed by atoms with Crippen LogP contribution in [0.4, 0.5) is 0 Å². The summed E-state index contributed by atoms with van der Waals surface area (Å²) in [5.41, 5.74) is 5.85. The van der Waals surface area contributed by atoms with Gasteiger partial charge in [-0.2, -0.15) is 0 Å². The van der Waals surface area contributed by atoms with Gasteiger partial charge in [-0.15, -0.1) is 0 Å². The number of rotatable bonds is 4. The first-order valence-electron chi connectivity index (χ1n) is 2.82. The highest BCUT2D eigenvalue weighted by Crippen LogP contribution is 1.99. The first kappa shape index (κ1) is 8.46. The van der Waals surface area contributed by atoms with E-state index < -0.39 is 0 Å². The molecule has 0 aromatic carbocycles. The van der Waals surface area contributed by atoms with E-state index >= 15 is 0 Å². The van der Waals surface area contributed by atoms with Gasteiger partial charge in [-0.25, -0.2) is 0 Å². The fraction of sp³-hybridized carbons (Fsp3) is 0.667. The van der Waals surface area contributed by atoms with E-state index in [9.17, 15) is 0 Å². The average molecular weight is 131 g/mol. The van der Waals surface area contributed by atoms with E-state index in [0.29, 0.717) is 12.1 Å². The topological polar surface area (TPSA) is 55.5 Å². The summed E-state index contributed by atoms with van der Waals surface area (Å²) < 4.78 is 4.77. The van der Waals surface area contributed by atoms with Gasteiger partial charge in [-0.3, -0.25) is 0 Å². The van der Waals surface area contributed by atoms with Gasteiger partial charge in [0.15, 0.2) is 0 Å². The molecule has 0 heterocycles. The molecule has 0 spiro atoms. The zero-order valence-electron chi connectivity index (χ0n) is 5.63. The van der Waals surface area contributed by atoms with Crippen LogP contribution in [-0.2, 0) is 4.74 Å². The number of hydrogen-bond acceptors (Lipinski definition) is 3. The van der Waals surface area contributed by atoms with E-state index in [1.165, 1.54) is 0 Å². The van der Waals surface area contributed by atoms with Crippen LogP contribution in [0.25, 0.3) is 0 Å². The molecule has 0 saturated carbocycles. The van der Waals surface area contributed by atoms with Gasteiger partial charge in [0.05, 0.1) is 6.10 Å². The minimum Gasteiger partial charge on any atom is -0.402 e. The summed E-state index contributed by atoms with van der Waals surface area (Å²) in [6, 6.07) is 0. The molecule has 0 aliphatic carbocycles. The molecular weight excluding hydrogens is 118 g/mol. The largest absolute Gasteiger partial charge is 0.402 e. The molecule has 0 radical (unpaired) electrons. The summed E-state index contributed by atoms with van der Waals surface area (Å²) in [5, 5.41) is 8.26. The second-order valence-electron chi connectivity index (χ2n) is 1.97. The molecule has 1 unspecified atom stereocenters. The molecule has 3 nitrogen and oxygen atoms in total. The lowest BCUT2D eigenvalue weighted by atomic mass is 10.2. The smallest absolute Gasteiger partial charge is 0.143 e. The van der Waals surface area contributed by atoms with Gasteiger partial charge in [0.1, 0.15) is 6.79 Å². The minimum absolute atomic E-state index is 0.0347. The molecule has 0 aromatic rings. The number of aliphatic hydroxyl groups is 1. The molecule has 3 N–H and O–H groups in total. The molecule has 0 rings (SSSR count). The third-order valence-electron chi connectivity index (χ3n) is 0.909. The molecule has 0 aliphatic heterocycles. The van der Waals surface area contributed by atoms with E-state index in [1.807, 2.05) is 6.92 Å². The summed E-state index contributed by atoms with van der Waals surface area (Å²) in [6.07, 6.45) is 0.563. The van der Waals surface area contributed by atoms with Crippen LogP contribution in [0.5, 0.6) is 0 Å². The van der Waals surface area contributed by atoms with Crippen LogP contribution in [0.2, 0.25) is 0 Å². The molecule has 54 valence electrons. The van der Waals surface area contributed by atoms with Crippen molar-refractivity contribution >= 4 is 0 Å². The number of ether oxygens (including phenoxy) is 1. The van der Waals surface area contributed by atoms with Crippen molar-refractivity contribution in [2.75, 3.05) is 6.79 Å². The van der Waals surface area contributed by atoms with E-state index in [1.54, 1.807) is 0 Å². The lowest BCUT2D eigenvalue weighted by Crippen LogP contribution is -2.12. The van der Waals surface area contributed by atoms with Crippen LogP contribution in [0, 0.1) is 0 Å². The molecule has 1 atom stereocenters. The highest BCUT2D eigenvalue weighted by atomic mass is 16.6. The van der Waals surface area contributed by atoms with Crippen LogP contribution in [0.15, 0.2) is 12.3 Å². The Bertz CT molecular complexity index is 93.1. The Hall–Kier alpha value is -0.540. The second-order valence-corrected chi connectivity index (χ2v) is 1.97. The summed E-state index contributed by atoms with van der Waals surface area (Å²) in [4.78, 5) is 0. The van der Waals surface area contributed by atoms with Gasteiger partial charge in [0.2, 0.25) is 0 Å². The Morgan fingerprint density at radius 1 is 1.89 bits per heavy atom. The van der Waals surface area contributed by atoms with Crippen molar-refractivity contribution in [3.05, 3.63) is 12.3 Å². The highest BCUT2D eigenvalue weighted by Gasteiger charge is 1.99. The Morgan fingerprint density at radius 3 is 2.78 bits per heavy atom. The van der Waals surface area contributed by atoms with E-state index in [0.717, 1.165) is 0 Å². The van der Waals surface area contributed by atoms with Crippen molar-refractivity contribution in [3.63, 3.8) is 0 Å². The number of nitrogens with two attached hydrogens (primary N) is 1. The number of hydrogen-bond donors (Lipinski definition) is 2. The molecule has 0 aliphatic rings. The molecule has 9 heavy (non-hydrogen) atoms. The maximum absolute atomic E-state index is 8.26. The second kappa shape index (κ2) is 4.35. The van der Waals surface area contributed by atoms with Crippen molar-refractivity contribution in [1.82, 2.24) is 0 Å². The predicted octanol–water partition coefficient (Wildman–Crippen LogP) is 0.204. The maximum atomic E-state index is 8.26. The molecule has 3 heteroatoms. The van der Waals surface area contributed by atoms with E-state index in [-0.39, 0.29) is 12.9 Å². The van der Waals surface area contributed by atoms with Crippen molar-refractivity contribution in [1.29, 1.82) is 0 Å². The Labute approximate surface area is 55.1 Å². The Morgan fingerprint density at radius 2 is 2.44 bits per heavy atom. The molecule has 0 aromatic heterocycles. The van der Waals surface area contributed by atoms with E-state index in [4.69, 9.17) is 15.6 Å². The van der Waals surface area contributed by atoms with Crippen LogP contribution >= 0.6 is 0 Å². The van der Waals surface area contributed by atoms with Crippen LogP contribution in [0.3, 0.4) is 0 Å². The maximum Gasteiger partial charge on any atom is 0.143 e. The zero-order valence-corrected chi connectivity index (χ0v) is 5.63. The first-order chi connectivity index (χ1) is 4.16. The lowest BCUT2D eigenvalue weighted by Gasteiger charge is -2.08. The van der Waals surface area contributed by atoms with Gasteiger partial charge in [-0.1, -0.05) is 6.58 Å². The highest BCUT2D eigenvalue weighted by molar-refractivity contribution is 4.87. The molecule has 0 bridgehead atoms. The van der Waals surface area contributed by atoms with Gasteiger partial charge in [0.25, 0.3) is 0 Å². The monoisotopic (exact) mass is 131 g/mol. The van der Waals surface area contributed by atoms with Gasteiger partial charge < -0.3 is 15.6 Å². The summed E-state index contributed by atoms with van der Waals surface area (Å²) >= 11 is 0. The summed E-state index contributed by atoms with van der Waals surface area (Å²) in [6.45, 7) is 5.07. The SMILES string of the molecule is C=C(N)CC(C)OCO. The van der Waals surface area contributed by atoms with Gasteiger partial charge in [0, 0.05) is 12.1 Å². The third kappa shape index (κ3) is 5.33. The van der Waals surface area contributed by atoms with Crippen molar-refractivity contribution in [2.45, 2.75) is 19.4 Å². The molecule has 0 amide bonds.